The molecule has 0 aromatic carbocycles. The van der Waals surface area contributed by atoms with E-state index >= 15 is 0 Å². The molecule has 158 valence electrons. The number of hydrogen-bond donors (Lipinski definition) is 1. The van der Waals surface area contributed by atoms with E-state index in [9.17, 15) is 9.59 Å². The van der Waals surface area contributed by atoms with Crippen LogP contribution in [0.25, 0.3) is 0 Å². The van der Waals surface area contributed by atoms with Crippen LogP contribution < -0.4 is 5.32 Å². The topological polar surface area (TPSA) is 67.2 Å². The minimum atomic E-state index is 0.0994. The monoisotopic (exact) mass is 390 g/mol. The highest BCUT2D eigenvalue weighted by molar-refractivity contribution is 5.77. The van der Waals surface area contributed by atoms with Gasteiger partial charge in [0.2, 0.25) is 11.8 Å². The molecule has 1 aliphatic heterocycles. The summed E-state index contributed by atoms with van der Waals surface area (Å²) in [7, 11) is 0. The molecule has 1 aromatic heterocycles. The van der Waals surface area contributed by atoms with Gasteiger partial charge in [0.05, 0.1) is 5.69 Å². The Labute approximate surface area is 170 Å². The van der Waals surface area contributed by atoms with Crippen molar-refractivity contribution >= 4 is 11.8 Å². The summed E-state index contributed by atoms with van der Waals surface area (Å²) in [5, 5.41) is 7.80. The van der Waals surface area contributed by atoms with Crippen molar-refractivity contribution in [3.8, 4) is 0 Å². The average molecular weight is 391 g/mol. The first-order chi connectivity index (χ1) is 13.2. The average Bonchev–Trinajstić information content (AvgIpc) is 2.86. The molecule has 0 spiro atoms. The molecule has 1 fully saturated rings. The molecule has 0 bridgehead atoms. The molecule has 2 amide bonds. The minimum Gasteiger partial charge on any atom is -0.353 e. The van der Waals surface area contributed by atoms with Gasteiger partial charge in [-0.2, -0.15) is 5.10 Å². The highest BCUT2D eigenvalue weighted by Crippen LogP contribution is 2.17. The molecule has 0 atom stereocenters. The van der Waals surface area contributed by atoms with Crippen molar-refractivity contribution in [3.63, 3.8) is 0 Å². The van der Waals surface area contributed by atoms with Crippen LogP contribution in [0.15, 0.2) is 0 Å². The van der Waals surface area contributed by atoms with Crippen LogP contribution in [0.3, 0.4) is 0 Å². The number of likely N-dealkylation sites (tertiary alicyclic amines) is 1. The lowest BCUT2D eigenvalue weighted by Gasteiger charge is -2.33. The van der Waals surface area contributed by atoms with Gasteiger partial charge in [0, 0.05) is 44.2 Å². The summed E-state index contributed by atoms with van der Waals surface area (Å²) in [6.45, 7) is 15.0. The minimum absolute atomic E-state index is 0.0994. The van der Waals surface area contributed by atoms with Crippen LogP contribution in [0, 0.1) is 25.7 Å². The molecule has 2 heterocycles. The highest BCUT2D eigenvalue weighted by atomic mass is 16.2. The molecule has 2 rings (SSSR count). The van der Waals surface area contributed by atoms with Crippen molar-refractivity contribution in [3.05, 3.63) is 17.0 Å². The van der Waals surface area contributed by atoms with E-state index in [4.69, 9.17) is 0 Å². The third-order valence-electron chi connectivity index (χ3n) is 5.47. The molecule has 0 radical (unpaired) electrons. The summed E-state index contributed by atoms with van der Waals surface area (Å²) < 4.78 is 2.07. The highest BCUT2D eigenvalue weighted by Gasteiger charge is 2.24. The number of nitrogens with one attached hydrogen (secondary N) is 1. The van der Waals surface area contributed by atoms with Gasteiger partial charge in [-0.05, 0) is 50.5 Å². The Hall–Kier alpha value is -1.85. The fourth-order valence-corrected chi connectivity index (χ4v) is 3.91. The van der Waals surface area contributed by atoms with Gasteiger partial charge < -0.3 is 10.2 Å². The van der Waals surface area contributed by atoms with Crippen LogP contribution in [-0.4, -0.2) is 45.6 Å². The summed E-state index contributed by atoms with van der Waals surface area (Å²) in [5.74, 6) is 1.28. The smallest absolute Gasteiger partial charge is 0.222 e. The zero-order chi connectivity index (χ0) is 20.8. The Morgan fingerprint density at radius 2 is 1.75 bits per heavy atom. The summed E-state index contributed by atoms with van der Waals surface area (Å²) >= 11 is 0. The molecule has 1 N–H and O–H groups in total. The number of aryl methyl sites for hydroxylation is 1. The maximum absolute atomic E-state index is 12.4. The lowest BCUT2D eigenvalue weighted by molar-refractivity contribution is -0.133. The lowest BCUT2D eigenvalue weighted by atomic mass is 10.0. The number of carbonyl (C=O) groups excluding carboxylic acids is 2. The summed E-state index contributed by atoms with van der Waals surface area (Å²) in [4.78, 5) is 26.5. The van der Waals surface area contributed by atoms with Crippen molar-refractivity contribution in [1.29, 1.82) is 0 Å². The molecule has 6 nitrogen and oxygen atoms in total. The van der Waals surface area contributed by atoms with E-state index in [1.54, 1.807) is 0 Å². The van der Waals surface area contributed by atoms with Gasteiger partial charge in [-0.25, -0.2) is 0 Å². The first-order valence-corrected chi connectivity index (χ1v) is 10.8. The van der Waals surface area contributed by atoms with E-state index in [1.807, 2.05) is 11.8 Å². The summed E-state index contributed by atoms with van der Waals surface area (Å²) in [6, 6.07) is 0.182. The Kier molecular flexibility index (Phi) is 8.08. The standard InChI is InChI=1S/C22H38N4O2/c1-15(2)13-22(28)25-11-9-19(10-12-25)23-21(27)8-7-20-17(5)24-26(18(20)6)14-16(3)4/h15-16,19H,7-14H2,1-6H3,(H,23,27). The Morgan fingerprint density at radius 3 is 2.32 bits per heavy atom. The number of rotatable bonds is 8. The fourth-order valence-electron chi connectivity index (χ4n) is 3.91. The van der Waals surface area contributed by atoms with E-state index in [1.165, 1.54) is 11.3 Å². The molecular formula is C22H38N4O2. The second-order valence-corrected chi connectivity index (χ2v) is 9.05. The van der Waals surface area contributed by atoms with Crippen LogP contribution in [0.5, 0.6) is 0 Å². The third-order valence-corrected chi connectivity index (χ3v) is 5.47. The van der Waals surface area contributed by atoms with Crippen LogP contribution in [0.1, 0.15) is 70.3 Å². The second kappa shape index (κ2) is 10.1. The zero-order valence-electron chi connectivity index (χ0n) is 18.5. The van der Waals surface area contributed by atoms with E-state index in [0.717, 1.165) is 44.6 Å². The molecule has 0 unspecified atom stereocenters. The van der Waals surface area contributed by atoms with Gasteiger partial charge >= 0.3 is 0 Å². The number of nitrogens with zero attached hydrogens (tertiary/aromatic N) is 3. The zero-order valence-corrected chi connectivity index (χ0v) is 18.5. The molecule has 1 aliphatic rings. The summed E-state index contributed by atoms with van der Waals surface area (Å²) in [6.07, 6.45) is 3.52. The van der Waals surface area contributed by atoms with Gasteiger partial charge in [0.1, 0.15) is 0 Å². The second-order valence-electron chi connectivity index (χ2n) is 9.05. The van der Waals surface area contributed by atoms with Crippen LogP contribution in [0.4, 0.5) is 0 Å². The van der Waals surface area contributed by atoms with E-state index in [2.05, 4.69) is 49.7 Å². The predicted octanol–water partition coefficient (Wildman–Crippen LogP) is 3.24. The van der Waals surface area contributed by atoms with Gasteiger partial charge in [0.25, 0.3) is 0 Å². The maximum Gasteiger partial charge on any atom is 0.222 e. The van der Waals surface area contributed by atoms with Gasteiger partial charge in [-0.1, -0.05) is 27.7 Å². The number of hydrogen-bond acceptors (Lipinski definition) is 3. The first-order valence-electron chi connectivity index (χ1n) is 10.8. The number of aromatic nitrogens is 2. The fraction of sp³-hybridized carbons (Fsp3) is 0.773. The largest absolute Gasteiger partial charge is 0.353 e. The molecular weight excluding hydrogens is 352 g/mol. The third kappa shape index (κ3) is 6.35. The quantitative estimate of drug-likeness (QED) is 0.741. The molecule has 1 saturated heterocycles. The Morgan fingerprint density at radius 1 is 1.11 bits per heavy atom. The Bertz CT molecular complexity index is 670. The van der Waals surface area contributed by atoms with Crippen molar-refractivity contribution in [2.24, 2.45) is 11.8 Å². The summed E-state index contributed by atoms with van der Waals surface area (Å²) in [5.41, 5.74) is 3.41. The van der Waals surface area contributed by atoms with Gasteiger partial charge in [-0.15, -0.1) is 0 Å². The SMILES string of the molecule is Cc1nn(CC(C)C)c(C)c1CCC(=O)NC1CCN(C(=O)CC(C)C)CC1. The molecule has 1 aromatic rings. The van der Waals surface area contributed by atoms with E-state index in [-0.39, 0.29) is 17.9 Å². The number of amides is 2. The molecule has 0 aliphatic carbocycles. The predicted molar refractivity (Wildman–Crippen MR) is 112 cm³/mol. The van der Waals surface area contributed by atoms with Gasteiger partial charge in [0.15, 0.2) is 0 Å². The molecule has 0 saturated carbocycles. The van der Waals surface area contributed by atoms with Crippen LogP contribution in [-0.2, 0) is 22.6 Å². The normalized spacial score (nSPS) is 15.5. The Balaban J connectivity index is 1.78. The van der Waals surface area contributed by atoms with E-state index in [0.29, 0.717) is 24.7 Å². The lowest BCUT2D eigenvalue weighted by Crippen LogP contribution is -2.46. The van der Waals surface area contributed by atoms with Gasteiger partial charge in [-0.3, -0.25) is 14.3 Å². The molecule has 6 heteroatoms. The van der Waals surface area contributed by atoms with E-state index < -0.39 is 0 Å². The number of carbonyl (C=O) groups is 2. The van der Waals surface area contributed by atoms with Crippen molar-refractivity contribution in [1.82, 2.24) is 20.0 Å². The maximum atomic E-state index is 12.4. The van der Waals surface area contributed by atoms with Crippen molar-refractivity contribution < 1.29 is 9.59 Å². The molecule has 28 heavy (non-hydrogen) atoms. The van der Waals surface area contributed by atoms with Crippen molar-refractivity contribution in [2.45, 2.75) is 86.2 Å². The number of piperidine rings is 1. The van der Waals surface area contributed by atoms with Crippen molar-refractivity contribution in [2.75, 3.05) is 13.1 Å². The van der Waals surface area contributed by atoms with Crippen LogP contribution in [0.2, 0.25) is 0 Å². The van der Waals surface area contributed by atoms with Crippen LogP contribution >= 0.6 is 0 Å². The first kappa shape index (κ1) is 22.4.